The van der Waals surface area contributed by atoms with Crippen molar-refractivity contribution in [3.05, 3.63) is 30.3 Å². The van der Waals surface area contributed by atoms with Crippen LogP contribution in [-0.4, -0.2) is 11.7 Å². The maximum absolute atomic E-state index is 11.3. The fourth-order valence-corrected chi connectivity index (χ4v) is 0.893. The van der Waals surface area contributed by atoms with Gasteiger partial charge in [-0.1, -0.05) is 12.1 Å². The number of benzene rings is 1. The van der Waals surface area contributed by atoms with Gasteiger partial charge in [0.2, 0.25) is 0 Å². The van der Waals surface area contributed by atoms with Crippen molar-refractivity contribution in [1.29, 1.82) is 0 Å². The molecule has 0 saturated carbocycles. The summed E-state index contributed by atoms with van der Waals surface area (Å²) in [4.78, 5) is 11.3. The Labute approximate surface area is 84.1 Å². The third-order valence-corrected chi connectivity index (χ3v) is 1.35. The molecule has 1 amide bonds. The molecule has 14 heavy (non-hydrogen) atoms. The highest BCUT2D eigenvalue weighted by molar-refractivity contribution is 5.84. The smallest absolute Gasteiger partial charge is 0.412 e. The Morgan fingerprint density at radius 2 is 2.21 bits per heavy atom. The van der Waals surface area contributed by atoms with E-state index in [1.807, 2.05) is 20.8 Å². The second kappa shape index (κ2) is 4.13. The van der Waals surface area contributed by atoms with Crippen molar-refractivity contribution in [3.63, 3.8) is 0 Å². The summed E-state index contributed by atoms with van der Waals surface area (Å²) in [7, 11) is 0. The van der Waals surface area contributed by atoms with Gasteiger partial charge < -0.3 is 4.74 Å². The average Bonchev–Trinajstić information content (AvgIpc) is 2.02. The molecule has 0 aliphatic carbocycles. The third kappa shape index (κ3) is 3.94. The molecule has 3 heteroatoms. The van der Waals surface area contributed by atoms with Crippen LogP contribution < -0.4 is 5.32 Å². The highest BCUT2D eigenvalue weighted by Crippen LogP contribution is 2.10. The van der Waals surface area contributed by atoms with Crippen molar-refractivity contribution in [3.8, 4) is 0 Å². The summed E-state index contributed by atoms with van der Waals surface area (Å²) in [5.41, 5.74) is 0.213. The predicted molar refractivity (Wildman–Crippen MR) is 55.1 cm³/mol. The second-order valence-corrected chi connectivity index (χ2v) is 3.92. The van der Waals surface area contributed by atoms with E-state index in [4.69, 9.17) is 4.74 Å². The van der Waals surface area contributed by atoms with Crippen LogP contribution in [0.15, 0.2) is 24.3 Å². The standard InChI is InChI=1S/C11H14NO2/c1-11(2,3)14-10(13)12-9-7-5-4-6-8-9/h4-5,7-8H,1-3H3,(H,12,13). The zero-order valence-corrected chi connectivity index (χ0v) is 8.63. The fourth-order valence-electron chi connectivity index (χ4n) is 0.893. The highest BCUT2D eigenvalue weighted by atomic mass is 16.6. The minimum atomic E-state index is -0.470. The van der Waals surface area contributed by atoms with E-state index in [9.17, 15) is 4.79 Å². The van der Waals surface area contributed by atoms with Gasteiger partial charge in [-0.2, -0.15) is 0 Å². The van der Waals surface area contributed by atoms with Gasteiger partial charge in [-0.05, 0) is 39.0 Å². The quantitative estimate of drug-likeness (QED) is 0.743. The monoisotopic (exact) mass is 192 g/mol. The van der Waals surface area contributed by atoms with Crippen molar-refractivity contribution < 1.29 is 9.53 Å². The first-order valence-corrected chi connectivity index (χ1v) is 4.43. The Morgan fingerprint density at radius 1 is 1.50 bits per heavy atom. The molecular formula is C11H14NO2. The van der Waals surface area contributed by atoms with Gasteiger partial charge in [-0.25, -0.2) is 4.79 Å². The van der Waals surface area contributed by atoms with Gasteiger partial charge in [0.25, 0.3) is 0 Å². The molecule has 0 aliphatic heterocycles. The molecule has 1 radical (unpaired) electrons. The molecule has 1 aromatic rings. The van der Waals surface area contributed by atoms with Gasteiger partial charge in [0.1, 0.15) is 5.60 Å². The Hall–Kier alpha value is -1.51. The Kier molecular flexibility index (Phi) is 3.12. The molecule has 75 valence electrons. The number of nitrogens with one attached hydrogen (secondary N) is 1. The molecule has 0 saturated heterocycles. The lowest BCUT2D eigenvalue weighted by Crippen LogP contribution is -2.27. The summed E-state index contributed by atoms with van der Waals surface area (Å²) >= 11 is 0. The van der Waals surface area contributed by atoms with Gasteiger partial charge in [0.15, 0.2) is 0 Å². The summed E-state index contributed by atoms with van der Waals surface area (Å²) in [6.07, 6.45) is -0.447. The first-order chi connectivity index (χ1) is 6.47. The van der Waals surface area contributed by atoms with Crippen LogP contribution in [0.2, 0.25) is 0 Å². The number of anilines is 1. The van der Waals surface area contributed by atoms with Crippen molar-refractivity contribution in [2.24, 2.45) is 0 Å². The van der Waals surface area contributed by atoms with Gasteiger partial charge in [-0.15, -0.1) is 0 Å². The van der Waals surface area contributed by atoms with Crippen LogP contribution in [0.4, 0.5) is 10.5 Å². The summed E-state index contributed by atoms with van der Waals surface area (Å²) in [6, 6.07) is 9.88. The topological polar surface area (TPSA) is 38.3 Å². The van der Waals surface area contributed by atoms with Crippen LogP contribution in [-0.2, 0) is 4.74 Å². The number of hydrogen-bond donors (Lipinski definition) is 1. The van der Waals surface area contributed by atoms with Crippen LogP contribution in [0.1, 0.15) is 20.8 Å². The summed E-state index contributed by atoms with van der Waals surface area (Å²) in [5, 5.41) is 2.61. The molecule has 3 nitrogen and oxygen atoms in total. The Morgan fingerprint density at radius 3 is 2.71 bits per heavy atom. The van der Waals surface area contributed by atoms with Crippen LogP contribution in [0.5, 0.6) is 0 Å². The van der Waals surface area contributed by atoms with Gasteiger partial charge >= 0.3 is 6.09 Å². The molecule has 0 bridgehead atoms. The zero-order chi connectivity index (χ0) is 10.6. The van der Waals surface area contributed by atoms with Crippen LogP contribution in [0, 0.1) is 6.07 Å². The Balaban J connectivity index is 2.50. The largest absolute Gasteiger partial charge is 0.444 e. The average molecular weight is 192 g/mol. The lowest BCUT2D eigenvalue weighted by Gasteiger charge is -2.19. The maximum Gasteiger partial charge on any atom is 0.412 e. The van der Waals surface area contributed by atoms with E-state index in [-0.39, 0.29) is 0 Å². The van der Waals surface area contributed by atoms with Crippen molar-refractivity contribution in [2.45, 2.75) is 26.4 Å². The summed E-state index contributed by atoms with van der Waals surface area (Å²) < 4.78 is 5.08. The molecule has 1 rings (SSSR count). The van der Waals surface area contributed by atoms with Crippen molar-refractivity contribution in [1.82, 2.24) is 0 Å². The van der Waals surface area contributed by atoms with Gasteiger partial charge in [0.05, 0.1) is 0 Å². The number of amides is 1. The van der Waals surface area contributed by atoms with Crippen LogP contribution >= 0.6 is 0 Å². The maximum atomic E-state index is 11.3. The first kappa shape index (κ1) is 10.6. The normalized spacial score (nSPS) is 10.8. The fraction of sp³-hybridized carbons (Fsp3) is 0.364. The van der Waals surface area contributed by atoms with Crippen LogP contribution in [0.3, 0.4) is 0 Å². The molecule has 0 atom stereocenters. The lowest BCUT2D eigenvalue weighted by molar-refractivity contribution is 0.0636. The van der Waals surface area contributed by atoms with E-state index in [0.29, 0.717) is 5.69 Å². The molecular weight excluding hydrogens is 178 g/mol. The van der Waals surface area contributed by atoms with E-state index >= 15 is 0 Å². The van der Waals surface area contributed by atoms with Crippen molar-refractivity contribution >= 4 is 11.8 Å². The number of carbonyl (C=O) groups is 1. The molecule has 0 unspecified atom stereocenters. The number of carbonyl (C=O) groups excluding carboxylic acids is 1. The lowest BCUT2D eigenvalue weighted by atomic mass is 10.2. The number of hydrogen-bond acceptors (Lipinski definition) is 2. The summed E-state index contributed by atoms with van der Waals surface area (Å²) in [6.45, 7) is 5.47. The highest BCUT2D eigenvalue weighted by Gasteiger charge is 2.15. The molecule has 0 heterocycles. The minimum Gasteiger partial charge on any atom is -0.444 e. The third-order valence-electron chi connectivity index (χ3n) is 1.35. The van der Waals surface area contributed by atoms with Gasteiger partial charge in [-0.3, -0.25) is 5.32 Å². The number of ether oxygens (including phenoxy) is 1. The predicted octanol–water partition coefficient (Wildman–Crippen LogP) is 2.83. The van der Waals surface area contributed by atoms with E-state index < -0.39 is 11.7 Å². The molecule has 0 spiro atoms. The molecule has 0 aliphatic rings. The van der Waals surface area contributed by atoms with Crippen molar-refractivity contribution in [2.75, 3.05) is 5.32 Å². The van der Waals surface area contributed by atoms with E-state index in [1.54, 1.807) is 24.3 Å². The van der Waals surface area contributed by atoms with Crippen LogP contribution in [0.25, 0.3) is 0 Å². The molecule has 0 aromatic heterocycles. The Bertz CT molecular complexity index is 301. The van der Waals surface area contributed by atoms with E-state index in [1.165, 1.54) is 0 Å². The van der Waals surface area contributed by atoms with E-state index in [2.05, 4.69) is 11.4 Å². The second-order valence-electron chi connectivity index (χ2n) is 3.92. The molecule has 1 aromatic carbocycles. The minimum absolute atomic E-state index is 0.447. The molecule has 1 N–H and O–H groups in total. The van der Waals surface area contributed by atoms with E-state index in [0.717, 1.165) is 0 Å². The van der Waals surface area contributed by atoms with Gasteiger partial charge in [0, 0.05) is 5.69 Å². The first-order valence-electron chi connectivity index (χ1n) is 4.43. The SMILES string of the molecule is CC(C)(C)OC(=O)Nc1c[c]ccc1. The summed E-state index contributed by atoms with van der Waals surface area (Å²) in [5.74, 6) is 0. The molecule has 0 fully saturated rings. The zero-order valence-electron chi connectivity index (χ0n) is 8.63. The number of rotatable bonds is 1.